The Labute approximate surface area is 124 Å². The summed E-state index contributed by atoms with van der Waals surface area (Å²) in [7, 11) is 1.71. The molecule has 0 aliphatic heterocycles. The van der Waals surface area contributed by atoms with Gasteiger partial charge in [-0.15, -0.1) is 11.3 Å². The van der Waals surface area contributed by atoms with Gasteiger partial charge in [0.05, 0.1) is 6.54 Å². The highest BCUT2D eigenvalue weighted by molar-refractivity contribution is 7.11. The molecule has 0 aliphatic rings. The van der Waals surface area contributed by atoms with Gasteiger partial charge in [0.25, 0.3) is 0 Å². The molecule has 0 atom stereocenters. The maximum Gasteiger partial charge on any atom is 0.221 e. The van der Waals surface area contributed by atoms with E-state index in [-0.39, 0.29) is 5.91 Å². The fraction of sp³-hybridized carbons (Fsp3) is 0.615. The van der Waals surface area contributed by atoms with Gasteiger partial charge in [-0.3, -0.25) is 9.79 Å². The summed E-state index contributed by atoms with van der Waals surface area (Å²) in [6, 6.07) is 0. The number of rotatable bonds is 7. The SMILES string of the molecule is CCCNC(=O)CCNC(=NC)NCc1ncc(C)s1. The molecule has 112 valence electrons. The first kappa shape index (κ1) is 16.4. The molecule has 0 fully saturated rings. The smallest absolute Gasteiger partial charge is 0.221 e. The lowest BCUT2D eigenvalue weighted by Gasteiger charge is -2.10. The van der Waals surface area contributed by atoms with E-state index in [1.54, 1.807) is 18.4 Å². The molecular formula is C13H23N5OS. The first-order valence-electron chi connectivity index (χ1n) is 6.78. The molecule has 0 aromatic carbocycles. The van der Waals surface area contributed by atoms with Crippen molar-refractivity contribution >= 4 is 23.2 Å². The second-order valence-electron chi connectivity index (χ2n) is 4.32. The molecule has 20 heavy (non-hydrogen) atoms. The van der Waals surface area contributed by atoms with E-state index in [1.807, 2.05) is 20.0 Å². The van der Waals surface area contributed by atoms with E-state index < -0.39 is 0 Å². The van der Waals surface area contributed by atoms with Crippen LogP contribution in [0.25, 0.3) is 0 Å². The van der Waals surface area contributed by atoms with Crippen LogP contribution in [-0.2, 0) is 11.3 Å². The van der Waals surface area contributed by atoms with Crippen molar-refractivity contribution in [1.29, 1.82) is 0 Å². The lowest BCUT2D eigenvalue weighted by Crippen LogP contribution is -2.39. The average molecular weight is 297 g/mol. The number of guanidine groups is 1. The number of nitrogens with one attached hydrogen (secondary N) is 3. The summed E-state index contributed by atoms with van der Waals surface area (Å²) in [6.07, 6.45) is 3.25. The lowest BCUT2D eigenvalue weighted by atomic mass is 10.4. The zero-order valence-corrected chi connectivity index (χ0v) is 13.1. The van der Waals surface area contributed by atoms with Gasteiger partial charge in [-0.05, 0) is 13.3 Å². The van der Waals surface area contributed by atoms with Crippen LogP contribution in [0.5, 0.6) is 0 Å². The largest absolute Gasteiger partial charge is 0.356 e. The molecule has 0 saturated carbocycles. The summed E-state index contributed by atoms with van der Waals surface area (Å²) in [4.78, 5) is 21.0. The van der Waals surface area contributed by atoms with E-state index in [9.17, 15) is 4.79 Å². The first-order valence-corrected chi connectivity index (χ1v) is 7.60. The van der Waals surface area contributed by atoms with Crippen LogP contribution in [0.15, 0.2) is 11.2 Å². The van der Waals surface area contributed by atoms with Crippen LogP contribution in [0.1, 0.15) is 29.7 Å². The Morgan fingerprint density at radius 1 is 1.35 bits per heavy atom. The number of carbonyl (C=O) groups excluding carboxylic acids is 1. The summed E-state index contributed by atoms with van der Waals surface area (Å²) in [5.41, 5.74) is 0. The lowest BCUT2D eigenvalue weighted by molar-refractivity contribution is -0.120. The fourth-order valence-corrected chi connectivity index (χ4v) is 2.24. The molecule has 0 spiro atoms. The highest BCUT2D eigenvalue weighted by atomic mass is 32.1. The van der Waals surface area contributed by atoms with E-state index in [2.05, 4.69) is 25.9 Å². The summed E-state index contributed by atoms with van der Waals surface area (Å²) in [5.74, 6) is 0.742. The van der Waals surface area contributed by atoms with Crippen LogP contribution in [0, 0.1) is 6.92 Å². The van der Waals surface area contributed by atoms with Gasteiger partial charge in [-0.1, -0.05) is 6.92 Å². The first-order chi connectivity index (χ1) is 9.65. The molecule has 0 unspecified atom stereocenters. The fourth-order valence-electron chi connectivity index (χ4n) is 1.51. The number of aliphatic imine (C=N–C) groups is 1. The van der Waals surface area contributed by atoms with Gasteiger partial charge in [0.1, 0.15) is 5.01 Å². The molecule has 0 bridgehead atoms. The zero-order chi connectivity index (χ0) is 14.8. The van der Waals surface area contributed by atoms with E-state index in [1.165, 1.54) is 4.88 Å². The summed E-state index contributed by atoms with van der Waals surface area (Å²) in [5, 5.41) is 10.1. The van der Waals surface area contributed by atoms with Crippen molar-refractivity contribution in [2.45, 2.75) is 33.2 Å². The van der Waals surface area contributed by atoms with Gasteiger partial charge in [0.15, 0.2) is 5.96 Å². The van der Waals surface area contributed by atoms with Gasteiger partial charge >= 0.3 is 0 Å². The number of hydrogen-bond donors (Lipinski definition) is 3. The Hall–Kier alpha value is -1.63. The Balaban J connectivity index is 2.21. The third kappa shape index (κ3) is 6.51. The minimum atomic E-state index is 0.0605. The number of carbonyl (C=O) groups is 1. The molecule has 1 aromatic rings. The number of thiazole rings is 1. The van der Waals surface area contributed by atoms with Crippen molar-refractivity contribution in [2.75, 3.05) is 20.1 Å². The van der Waals surface area contributed by atoms with Crippen molar-refractivity contribution in [2.24, 2.45) is 4.99 Å². The molecule has 0 saturated heterocycles. The molecule has 3 N–H and O–H groups in total. The predicted molar refractivity (Wildman–Crippen MR) is 83.0 cm³/mol. The standard InChI is InChI=1S/C13H23N5OS/c1-4-6-15-11(19)5-7-16-13(14-3)18-9-12-17-8-10(2)20-12/h8H,4-7,9H2,1-3H3,(H,15,19)(H2,14,16,18). The van der Waals surface area contributed by atoms with E-state index >= 15 is 0 Å². The number of aromatic nitrogens is 1. The van der Waals surface area contributed by atoms with Gasteiger partial charge in [0.2, 0.25) is 5.91 Å². The maximum absolute atomic E-state index is 11.4. The van der Waals surface area contributed by atoms with E-state index in [4.69, 9.17) is 0 Å². The van der Waals surface area contributed by atoms with Crippen molar-refractivity contribution < 1.29 is 4.79 Å². The van der Waals surface area contributed by atoms with Crippen molar-refractivity contribution in [3.05, 3.63) is 16.1 Å². The summed E-state index contributed by atoms with van der Waals surface area (Å²) >= 11 is 1.66. The minimum absolute atomic E-state index is 0.0605. The van der Waals surface area contributed by atoms with Crippen LogP contribution in [0.3, 0.4) is 0 Å². The Morgan fingerprint density at radius 3 is 2.75 bits per heavy atom. The van der Waals surface area contributed by atoms with Gasteiger partial charge in [0, 0.05) is 37.6 Å². The number of aryl methyl sites for hydroxylation is 1. The monoisotopic (exact) mass is 297 g/mol. The highest BCUT2D eigenvalue weighted by Gasteiger charge is 2.03. The average Bonchev–Trinajstić information content (AvgIpc) is 2.86. The molecule has 1 aromatic heterocycles. The van der Waals surface area contributed by atoms with Crippen LogP contribution < -0.4 is 16.0 Å². The third-order valence-electron chi connectivity index (χ3n) is 2.52. The molecule has 7 heteroatoms. The van der Waals surface area contributed by atoms with Crippen molar-refractivity contribution in [1.82, 2.24) is 20.9 Å². The van der Waals surface area contributed by atoms with Crippen LogP contribution in [-0.4, -0.2) is 37.0 Å². The van der Waals surface area contributed by atoms with Gasteiger partial charge < -0.3 is 16.0 Å². The molecule has 1 rings (SSSR count). The summed E-state index contributed by atoms with van der Waals surface area (Å²) in [6.45, 7) is 6.00. The molecule has 1 amide bonds. The molecule has 6 nitrogen and oxygen atoms in total. The second kappa shape index (κ2) is 9.30. The number of amides is 1. The second-order valence-corrected chi connectivity index (χ2v) is 5.64. The normalized spacial score (nSPS) is 11.2. The van der Waals surface area contributed by atoms with Crippen molar-refractivity contribution in [3.63, 3.8) is 0 Å². The molecular weight excluding hydrogens is 274 g/mol. The Morgan fingerprint density at radius 2 is 2.15 bits per heavy atom. The summed E-state index contributed by atoms with van der Waals surface area (Å²) < 4.78 is 0. The molecule has 0 radical (unpaired) electrons. The minimum Gasteiger partial charge on any atom is -0.356 e. The zero-order valence-electron chi connectivity index (χ0n) is 12.3. The Kier molecular flexibility index (Phi) is 7.64. The van der Waals surface area contributed by atoms with Gasteiger partial charge in [-0.25, -0.2) is 4.98 Å². The Bertz CT molecular complexity index is 444. The maximum atomic E-state index is 11.4. The highest BCUT2D eigenvalue weighted by Crippen LogP contribution is 2.10. The quantitative estimate of drug-likeness (QED) is 0.519. The topological polar surface area (TPSA) is 78.4 Å². The molecule has 1 heterocycles. The van der Waals surface area contributed by atoms with E-state index in [0.29, 0.717) is 25.5 Å². The molecule has 0 aliphatic carbocycles. The number of hydrogen-bond acceptors (Lipinski definition) is 4. The van der Waals surface area contributed by atoms with Crippen LogP contribution in [0.2, 0.25) is 0 Å². The predicted octanol–water partition coefficient (Wildman–Crippen LogP) is 1.03. The van der Waals surface area contributed by atoms with Crippen LogP contribution >= 0.6 is 11.3 Å². The van der Waals surface area contributed by atoms with Crippen LogP contribution in [0.4, 0.5) is 0 Å². The van der Waals surface area contributed by atoms with E-state index in [0.717, 1.165) is 18.0 Å². The number of nitrogens with zero attached hydrogens (tertiary/aromatic N) is 2. The van der Waals surface area contributed by atoms with Gasteiger partial charge in [-0.2, -0.15) is 0 Å². The third-order valence-corrected chi connectivity index (χ3v) is 3.43. The van der Waals surface area contributed by atoms with Crippen molar-refractivity contribution in [3.8, 4) is 0 Å².